The lowest BCUT2D eigenvalue weighted by Crippen LogP contribution is -2.30. The number of ether oxygens (including phenoxy) is 1. The number of fused-ring (bicyclic) bond motifs is 1. The van der Waals surface area contributed by atoms with Crippen LogP contribution < -0.4 is 0 Å². The van der Waals surface area contributed by atoms with E-state index < -0.39 is 17.9 Å². The Morgan fingerprint density at radius 3 is 2.26 bits per heavy atom. The molecule has 0 aliphatic heterocycles. The molecule has 0 aromatic carbocycles. The molecule has 5 nitrogen and oxygen atoms in total. The summed E-state index contributed by atoms with van der Waals surface area (Å²) >= 11 is 0. The Bertz CT molecular complexity index is 454. The van der Waals surface area contributed by atoms with Crippen molar-refractivity contribution < 1.29 is 14.5 Å². The smallest absolute Gasteiger partial charge is 0.315 e. The highest BCUT2D eigenvalue weighted by Crippen LogP contribution is 2.90. The van der Waals surface area contributed by atoms with Gasteiger partial charge in [0.15, 0.2) is 0 Å². The van der Waals surface area contributed by atoms with Gasteiger partial charge < -0.3 is 4.74 Å². The Kier molecular flexibility index (Phi) is 2.37. The molecule has 3 atom stereocenters. The van der Waals surface area contributed by atoms with Crippen LogP contribution in [-0.4, -0.2) is 24.0 Å². The van der Waals surface area contributed by atoms with E-state index in [1.54, 1.807) is 0 Å². The summed E-state index contributed by atoms with van der Waals surface area (Å²) in [6.07, 6.45) is 4.74. The molecule has 3 unspecified atom stereocenters. The molecular weight excluding hydrogens is 246 g/mol. The van der Waals surface area contributed by atoms with Gasteiger partial charge in [-0.15, -0.1) is 0 Å². The van der Waals surface area contributed by atoms with Gasteiger partial charge in [0, 0.05) is 11.3 Å². The molecule has 0 heterocycles. The number of nitrogens with zero attached hydrogens (tertiary/aromatic N) is 1. The number of hydrogen-bond acceptors (Lipinski definition) is 4. The third kappa shape index (κ3) is 1.20. The molecule has 2 spiro atoms. The minimum Gasteiger partial charge on any atom is -0.469 e. The van der Waals surface area contributed by atoms with Crippen molar-refractivity contribution in [1.82, 2.24) is 0 Å². The second-order valence-electron chi connectivity index (χ2n) is 7.03. The normalized spacial score (nSPS) is 41.0. The minimum absolute atomic E-state index is 0.00512. The zero-order valence-corrected chi connectivity index (χ0v) is 11.8. The highest BCUT2D eigenvalue weighted by atomic mass is 16.6. The highest BCUT2D eigenvalue weighted by Gasteiger charge is 2.86. The molecule has 0 aromatic rings. The van der Waals surface area contributed by atoms with Crippen molar-refractivity contribution in [2.45, 2.75) is 52.0 Å². The van der Waals surface area contributed by atoms with Crippen LogP contribution in [0, 0.1) is 32.3 Å². The minimum atomic E-state index is -0.758. The third-order valence-corrected chi connectivity index (χ3v) is 6.82. The van der Waals surface area contributed by atoms with Gasteiger partial charge in [0.05, 0.1) is 7.11 Å². The standard InChI is InChI=1S/C14H21NO4/c1-12(2)13(5-4-6-13)14(12)7-9(11(16)19-3)10(8-14)15(17)18/h9-10H,4-8H2,1-3H3. The van der Waals surface area contributed by atoms with Crippen LogP contribution in [0.1, 0.15) is 46.0 Å². The monoisotopic (exact) mass is 267 g/mol. The third-order valence-electron chi connectivity index (χ3n) is 6.82. The first kappa shape index (κ1) is 12.9. The van der Waals surface area contributed by atoms with Gasteiger partial charge in [-0.05, 0) is 35.5 Å². The summed E-state index contributed by atoms with van der Waals surface area (Å²) in [6.45, 7) is 4.45. The Morgan fingerprint density at radius 2 is 1.89 bits per heavy atom. The molecule has 3 aliphatic rings. The number of esters is 1. The number of nitro groups is 1. The van der Waals surface area contributed by atoms with Crippen LogP contribution in [0.25, 0.3) is 0 Å². The summed E-state index contributed by atoms with van der Waals surface area (Å²) in [5.41, 5.74) is 0.390. The predicted molar refractivity (Wildman–Crippen MR) is 68.0 cm³/mol. The largest absolute Gasteiger partial charge is 0.469 e. The fourth-order valence-corrected chi connectivity index (χ4v) is 5.50. The lowest BCUT2D eigenvalue weighted by Gasteiger charge is -2.31. The first-order chi connectivity index (χ1) is 8.83. The van der Waals surface area contributed by atoms with E-state index >= 15 is 0 Å². The SMILES string of the molecule is COC(=O)C1CC2(CC1[N+](=O)[O-])C(C)(C)C21CCC1. The summed E-state index contributed by atoms with van der Waals surface area (Å²) < 4.78 is 4.78. The van der Waals surface area contributed by atoms with Crippen molar-refractivity contribution in [3.8, 4) is 0 Å². The molecule has 5 heteroatoms. The maximum Gasteiger partial charge on any atom is 0.315 e. The van der Waals surface area contributed by atoms with Crippen molar-refractivity contribution in [1.29, 1.82) is 0 Å². The van der Waals surface area contributed by atoms with E-state index in [4.69, 9.17) is 4.74 Å². The van der Waals surface area contributed by atoms with Crippen molar-refractivity contribution in [2.75, 3.05) is 7.11 Å². The molecule has 0 aromatic heterocycles. The van der Waals surface area contributed by atoms with Gasteiger partial charge in [-0.1, -0.05) is 20.3 Å². The molecule has 19 heavy (non-hydrogen) atoms. The summed E-state index contributed by atoms with van der Waals surface area (Å²) in [7, 11) is 1.32. The highest BCUT2D eigenvalue weighted by molar-refractivity contribution is 5.74. The summed E-state index contributed by atoms with van der Waals surface area (Å²) in [5, 5.41) is 11.3. The van der Waals surface area contributed by atoms with Gasteiger partial charge in [-0.2, -0.15) is 0 Å². The van der Waals surface area contributed by atoms with Gasteiger partial charge in [0.1, 0.15) is 5.92 Å². The van der Waals surface area contributed by atoms with E-state index in [1.807, 2.05) is 0 Å². The van der Waals surface area contributed by atoms with Crippen molar-refractivity contribution in [2.24, 2.45) is 22.2 Å². The molecule has 0 N–H and O–H groups in total. The lowest BCUT2D eigenvalue weighted by molar-refractivity contribution is -0.527. The van der Waals surface area contributed by atoms with E-state index in [0.717, 1.165) is 0 Å². The maximum atomic E-state index is 11.8. The van der Waals surface area contributed by atoms with E-state index in [0.29, 0.717) is 12.8 Å². The van der Waals surface area contributed by atoms with Gasteiger partial charge >= 0.3 is 5.97 Å². The van der Waals surface area contributed by atoms with E-state index in [-0.39, 0.29) is 21.2 Å². The molecule has 3 aliphatic carbocycles. The molecule has 0 amide bonds. The Hall–Kier alpha value is -1.13. The second-order valence-corrected chi connectivity index (χ2v) is 7.03. The zero-order valence-electron chi connectivity index (χ0n) is 11.8. The summed E-state index contributed by atoms with van der Waals surface area (Å²) in [5.74, 6) is -0.963. The first-order valence-corrected chi connectivity index (χ1v) is 7.04. The van der Waals surface area contributed by atoms with Crippen LogP contribution in [0.5, 0.6) is 0 Å². The molecular formula is C14H21NO4. The van der Waals surface area contributed by atoms with E-state index in [1.165, 1.54) is 26.4 Å². The van der Waals surface area contributed by atoms with Crippen LogP contribution in [0.15, 0.2) is 0 Å². The van der Waals surface area contributed by atoms with Crippen molar-refractivity contribution in [3.05, 3.63) is 10.1 Å². The predicted octanol–water partition coefficient (Wildman–Crippen LogP) is 2.41. The second kappa shape index (κ2) is 3.49. The first-order valence-electron chi connectivity index (χ1n) is 7.04. The van der Waals surface area contributed by atoms with E-state index in [9.17, 15) is 14.9 Å². The quantitative estimate of drug-likeness (QED) is 0.437. The van der Waals surface area contributed by atoms with Gasteiger partial charge in [0.25, 0.3) is 0 Å². The average molecular weight is 267 g/mol. The summed E-state index contributed by atoms with van der Waals surface area (Å²) in [6, 6.07) is -0.758. The molecule has 0 bridgehead atoms. The average Bonchev–Trinajstić information content (AvgIpc) is 2.59. The number of methoxy groups -OCH3 is 1. The molecule has 3 fully saturated rings. The molecule has 3 rings (SSSR count). The van der Waals surface area contributed by atoms with E-state index in [2.05, 4.69) is 13.8 Å². The van der Waals surface area contributed by atoms with Crippen molar-refractivity contribution in [3.63, 3.8) is 0 Å². The number of hydrogen-bond donors (Lipinski definition) is 0. The fraction of sp³-hybridized carbons (Fsp3) is 0.929. The lowest BCUT2D eigenvalue weighted by atomic mass is 9.73. The fourth-order valence-electron chi connectivity index (χ4n) is 5.50. The van der Waals surface area contributed by atoms with Crippen molar-refractivity contribution >= 4 is 5.97 Å². The zero-order chi connectivity index (χ0) is 14.1. The summed E-state index contributed by atoms with van der Waals surface area (Å²) in [4.78, 5) is 22.9. The Morgan fingerprint density at radius 1 is 1.26 bits per heavy atom. The van der Waals surface area contributed by atoms with Gasteiger partial charge in [-0.3, -0.25) is 14.9 Å². The number of carbonyl (C=O) groups is 1. The number of rotatable bonds is 2. The Balaban J connectivity index is 1.92. The van der Waals surface area contributed by atoms with Gasteiger partial charge in [0.2, 0.25) is 6.04 Å². The maximum absolute atomic E-state index is 11.8. The molecule has 3 saturated carbocycles. The van der Waals surface area contributed by atoms with Crippen LogP contribution in [0.4, 0.5) is 0 Å². The van der Waals surface area contributed by atoms with Crippen LogP contribution >= 0.6 is 0 Å². The Labute approximate surface area is 112 Å². The van der Waals surface area contributed by atoms with Gasteiger partial charge in [-0.25, -0.2) is 0 Å². The van der Waals surface area contributed by atoms with Crippen LogP contribution in [-0.2, 0) is 9.53 Å². The molecule has 106 valence electrons. The molecule has 0 saturated heterocycles. The van der Waals surface area contributed by atoms with Crippen LogP contribution in [0.2, 0.25) is 0 Å². The molecule has 0 radical (unpaired) electrons. The topological polar surface area (TPSA) is 69.4 Å². The number of carbonyl (C=O) groups excluding carboxylic acids is 1. The van der Waals surface area contributed by atoms with Crippen LogP contribution in [0.3, 0.4) is 0 Å².